The maximum absolute atomic E-state index is 12.5. The van der Waals surface area contributed by atoms with Crippen molar-refractivity contribution in [2.24, 2.45) is 11.7 Å². The van der Waals surface area contributed by atoms with Gasteiger partial charge in [0.05, 0.1) is 12.6 Å². The zero-order valence-corrected chi connectivity index (χ0v) is 13.4. The number of nitrogens with zero attached hydrogens (tertiary/aromatic N) is 1. The van der Waals surface area contributed by atoms with E-state index in [1.807, 2.05) is 0 Å². The first-order valence-corrected chi connectivity index (χ1v) is 9.10. The molecule has 0 amide bonds. The molecule has 9 heteroatoms. The Morgan fingerprint density at radius 3 is 2.81 bits per heavy atom. The Bertz CT molecular complexity index is 593. The Balaban J connectivity index is 2.21. The van der Waals surface area contributed by atoms with Gasteiger partial charge in [-0.3, -0.25) is 0 Å². The fraction of sp³-hybridized carbons (Fsp3) is 0.667. The molecule has 21 heavy (non-hydrogen) atoms. The standard InChI is InChI=1S/C12H19N3O4S2/c1-19-11(16)10-12(20-7-14-10)21(17,18)15-9(6-13)8-4-2-3-5-8/h7-9,15H,2-6,13H2,1H3. The lowest BCUT2D eigenvalue weighted by Gasteiger charge is -2.22. The smallest absolute Gasteiger partial charge is 0.358 e. The van der Waals surface area contributed by atoms with Gasteiger partial charge in [0.15, 0.2) is 9.90 Å². The van der Waals surface area contributed by atoms with Crippen molar-refractivity contribution in [3.63, 3.8) is 0 Å². The van der Waals surface area contributed by atoms with Crippen LogP contribution in [0.4, 0.5) is 0 Å². The molecule has 1 unspecified atom stereocenters. The number of methoxy groups -OCH3 is 1. The van der Waals surface area contributed by atoms with Crippen LogP contribution in [0.3, 0.4) is 0 Å². The lowest BCUT2D eigenvalue weighted by molar-refractivity contribution is 0.0590. The number of hydrogen-bond acceptors (Lipinski definition) is 7. The lowest BCUT2D eigenvalue weighted by atomic mass is 9.99. The molecule has 1 aromatic heterocycles. The maximum atomic E-state index is 12.5. The number of nitrogens with two attached hydrogens (primary N) is 1. The Morgan fingerprint density at radius 2 is 2.24 bits per heavy atom. The van der Waals surface area contributed by atoms with E-state index in [4.69, 9.17) is 5.73 Å². The Kier molecular flexibility index (Phi) is 5.31. The highest BCUT2D eigenvalue weighted by atomic mass is 32.2. The zero-order valence-electron chi connectivity index (χ0n) is 11.7. The van der Waals surface area contributed by atoms with Crippen LogP contribution in [0.15, 0.2) is 9.72 Å². The second-order valence-electron chi connectivity index (χ2n) is 4.99. The predicted octanol–water partition coefficient (Wildman–Crippen LogP) is 0.725. The fourth-order valence-electron chi connectivity index (χ4n) is 2.61. The van der Waals surface area contributed by atoms with Gasteiger partial charge in [-0.25, -0.2) is 22.9 Å². The number of carbonyl (C=O) groups excluding carboxylic acids is 1. The van der Waals surface area contributed by atoms with Gasteiger partial charge in [0.1, 0.15) is 0 Å². The number of nitrogens with one attached hydrogen (secondary N) is 1. The van der Waals surface area contributed by atoms with E-state index < -0.39 is 16.0 Å². The van der Waals surface area contributed by atoms with E-state index in [2.05, 4.69) is 14.4 Å². The fourth-order valence-corrected chi connectivity index (χ4v) is 5.07. The minimum atomic E-state index is -3.83. The van der Waals surface area contributed by atoms with Crippen molar-refractivity contribution in [3.8, 4) is 0 Å². The van der Waals surface area contributed by atoms with Gasteiger partial charge >= 0.3 is 5.97 Å². The van der Waals surface area contributed by atoms with E-state index in [0.29, 0.717) is 0 Å². The number of thiazole rings is 1. The molecule has 7 nitrogen and oxygen atoms in total. The average Bonchev–Trinajstić information content (AvgIpc) is 3.14. The van der Waals surface area contributed by atoms with Gasteiger partial charge in [0.2, 0.25) is 0 Å². The van der Waals surface area contributed by atoms with Crippen molar-refractivity contribution in [2.75, 3.05) is 13.7 Å². The Labute approximate surface area is 127 Å². The molecule has 1 saturated carbocycles. The first kappa shape index (κ1) is 16.3. The van der Waals surface area contributed by atoms with Gasteiger partial charge in [0, 0.05) is 12.6 Å². The SMILES string of the molecule is COC(=O)c1ncsc1S(=O)(=O)NC(CN)C1CCCC1. The first-order valence-electron chi connectivity index (χ1n) is 6.73. The van der Waals surface area contributed by atoms with Crippen molar-refractivity contribution in [2.45, 2.75) is 35.9 Å². The topological polar surface area (TPSA) is 111 Å². The van der Waals surface area contributed by atoms with Gasteiger partial charge < -0.3 is 10.5 Å². The largest absolute Gasteiger partial charge is 0.464 e. The highest BCUT2D eigenvalue weighted by Gasteiger charge is 2.32. The highest BCUT2D eigenvalue weighted by Crippen LogP contribution is 2.29. The van der Waals surface area contributed by atoms with Crippen LogP contribution >= 0.6 is 11.3 Å². The summed E-state index contributed by atoms with van der Waals surface area (Å²) < 4.78 is 32.0. The van der Waals surface area contributed by atoms with Gasteiger partial charge in [-0.2, -0.15) is 0 Å². The molecule has 1 aromatic rings. The predicted molar refractivity (Wildman–Crippen MR) is 78.6 cm³/mol. The van der Waals surface area contributed by atoms with Gasteiger partial charge in [0.25, 0.3) is 10.0 Å². The Hall–Kier alpha value is -1.03. The number of hydrogen-bond donors (Lipinski definition) is 2. The monoisotopic (exact) mass is 333 g/mol. The molecule has 1 aliphatic carbocycles. The van der Waals surface area contributed by atoms with Gasteiger partial charge in [-0.05, 0) is 18.8 Å². The van der Waals surface area contributed by atoms with Crippen molar-refractivity contribution in [1.82, 2.24) is 9.71 Å². The number of aromatic nitrogens is 1. The zero-order chi connectivity index (χ0) is 15.5. The minimum Gasteiger partial charge on any atom is -0.464 e. The van der Waals surface area contributed by atoms with Crippen LogP contribution in [0.2, 0.25) is 0 Å². The normalized spacial score (nSPS) is 17.8. The molecular formula is C12H19N3O4S2. The van der Waals surface area contributed by atoms with E-state index in [9.17, 15) is 13.2 Å². The number of esters is 1. The molecule has 0 bridgehead atoms. The molecule has 1 aliphatic rings. The van der Waals surface area contributed by atoms with Crippen LogP contribution in [-0.4, -0.2) is 39.1 Å². The summed E-state index contributed by atoms with van der Waals surface area (Å²) >= 11 is 0.892. The van der Waals surface area contributed by atoms with Crippen LogP contribution in [0, 0.1) is 5.92 Å². The van der Waals surface area contributed by atoms with E-state index >= 15 is 0 Å². The third-order valence-corrected chi connectivity index (χ3v) is 6.55. The van der Waals surface area contributed by atoms with E-state index in [1.165, 1.54) is 12.6 Å². The van der Waals surface area contributed by atoms with Crippen molar-refractivity contribution in [3.05, 3.63) is 11.2 Å². The molecule has 1 atom stereocenters. The molecule has 0 radical (unpaired) electrons. The first-order chi connectivity index (χ1) is 9.99. The summed E-state index contributed by atoms with van der Waals surface area (Å²) in [5.74, 6) is -0.513. The minimum absolute atomic E-state index is 0.120. The lowest BCUT2D eigenvalue weighted by Crippen LogP contribution is -2.44. The molecule has 0 spiro atoms. The molecule has 1 heterocycles. The van der Waals surface area contributed by atoms with Crippen molar-refractivity contribution >= 4 is 27.3 Å². The second-order valence-corrected chi connectivity index (χ2v) is 7.75. The molecule has 118 valence electrons. The summed E-state index contributed by atoms with van der Waals surface area (Å²) in [7, 11) is -2.64. The van der Waals surface area contributed by atoms with Crippen molar-refractivity contribution in [1.29, 1.82) is 0 Å². The molecule has 0 aromatic carbocycles. The van der Waals surface area contributed by atoms with Gasteiger partial charge in [-0.1, -0.05) is 12.8 Å². The average molecular weight is 333 g/mol. The maximum Gasteiger partial charge on any atom is 0.358 e. The summed E-state index contributed by atoms with van der Waals surface area (Å²) in [5, 5.41) is 0. The van der Waals surface area contributed by atoms with Crippen LogP contribution in [0.5, 0.6) is 0 Å². The van der Waals surface area contributed by atoms with Crippen molar-refractivity contribution < 1.29 is 17.9 Å². The highest BCUT2D eigenvalue weighted by molar-refractivity contribution is 7.91. The molecule has 2 rings (SSSR count). The van der Waals surface area contributed by atoms with Crippen LogP contribution in [0.25, 0.3) is 0 Å². The molecule has 1 fully saturated rings. The van der Waals surface area contributed by atoms with Crippen LogP contribution in [0.1, 0.15) is 36.2 Å². The summed E-state index contributed by atoms with van der Waals surface area (Å²) in [6, 6.07) is -0.315. The number of sulfonamides is 1. The number of ether oxygens (including phenoxy) is 1. The summed E-state index contributed by atoms with van der Waals surface area (Å²) in [4.78, 5) is 15.3. The third kappa shape index (κ3) is 3.60. The van der Waals surface area contributed by atoms with E-state index in [0.717, 1.165) is 37.0 Å². The number of carbonyl (C=O) groups is 1. The van der Waals surface area contributed by atoms with Crippen LogP contribution < -0.4 is 10.5 Å². The summed E-state index contributed by atoms with van der Waals surface area (Å²) in [5.41, 5.74) is 6.84. The van der Waals surface area contributed by atoms with E-state index in [-0.39, 0.29) is 28.4 Å². The van der Waals surface area contributed by atoms with Crippen LogP contribution in [-0.2, 0) is 14.8 Å². The molecule has 0 aliphatic heterocycles. The summed E-state index contributed by atoms with van der Waals surface area (Å²) in [6.45, 7) is 0.232. The van der Waals surface area contributed by atoms with Gasteiger partial charge in [-0.15, -0.1) is 11.3 Å². The molecule has 3 N–H and O–H groups in total. The summed E-state index contributed by atoms with van der Waals surface area (Å²) in [6.07, 6.45) is 4.13. The quantitative estimate of drug-likeness (QED) is 0.742. The molecular weight excluding hydrogens is 314 g/mol. The number of rotatable bonds is 6. The third-order valence-electron chi connectivity index (χ3n) is 3.69. The van der Waals surface area contributed by atoms with E-state index in [1.54, 1.807) is 0 Å². The Morgan fingerprint density at radius 1 is 1.57 bits per heavy atom. The molecule has 0 saturated heterocycles. The second kappa shape index (κ2) is 6.82.